The van der Waals surface area contributed by atoms with Crippen molar-refractivity contribution >= 4 is 11.6 Å². The number of nitrogens with one attached hydrogen (secondary N) is 1. The van der Waals surface area contributed by atoms with E-state index < -0.39 is 0 Å². The van der Waals surface area contributed by atoms with Crippen molar-refractivity contribution in [3.8, 4) is 34.3 Å². The second kappa shape index (κ2) is 8.24. The average molecular weight is 378 g/mol. The van der Waals surface area contributed by atoms with E-state index in [2.05, 4.69) is 21.4 Å². The summed E-state index contributed by atoms with van der Waals surface area (Å²) < 4.78 is 5.51. The standard InChI is InChI=1S/C24H18N4O/c1-29-21-15-9-8-14-19(21)23-20(16-25)22(17-10-4-2-5-11-17)27-24(28-23)26-18-12-6-3-7-13-18/h2-15H,1H3,(H,26,27,28). The van der Waals surface area contributed by atoms with Crippen molar-refractivity contribution in [2.75, 3.05) is 12.4 Å². The minimum atomic E-state index is 0.402. The third kappa shape index (κ3) is 3.78. The fourth-order valence-corrected chi connectivity index (χ4v) is 3.11. The molecule has 0 aliphatic rings. The predicted octanol–water partition coefficient (Wildman–Crippen LogP) is 5.43. The number of nitriles is 1. The maximum atomic E-state index is 9.97. The molecule has 0 radical (unpaired) electrons. The van der Waals surface area contributed by atoms with Crippen LogP contribution in [0, 0.1) is 11.3 Å². The highest BCUT2D eigenvalue weighted by molar-refractivity contribution is 5.81. The molecule has 4 aromatic rings. The molecule has 29 heavy (non-hydrogen) atoms. The zero-order valence-corrected chi connectivity index (χ0v) is 15.8. The third-order valence-corrected chi connectivity index (χ3v) is 4.46. The smallest absolute Gasteiger partial charge is 0.228 e. The Bertz CT molecular complexity index is 1170. The summed E-state index contributed by atoms with van der Waals surface area (Å²) in [6, 6.07) is 29.2. The van der Waals surface area contributed by atoms with Gasteiger partial charge in [0.05, 0.1) is 18.5 Å². The van der Waals surface area contributed by atoms with Crippen LogP contribution in [-0.4, -0.2) is 17.1 Å². The molecular formula is C24H18N4O. The van der Waals surface area contributed by atoms with E-state index in [1.165, 1.54) is 0 Å². The molecule has 1 heterocycles. The van der Waals surface area contributed by atoms with E-state index >= 15 is 0 Å². The fourth-order valence-electron chi connectivity index (χ4n) is 3.11. The molecule has 0 atom stereocenters. The molecule has 3 aromatic carbocycles. The molecule has 5 nitrogen and oxygen atoms in total. The maximum absolute atomic E-state index is 9.97. The molecule has 0 fully saturated rings. The average Bonchev–Trinajstić information content (AvgIpc) is 2.79. The highest BCUT2D eigenvalue weighted by Gasteiger charge is 2.19. The molecule has 0 unspecified atom stereocenters. The lowest BCUT2D eigenvalue weighted by molar-refractivity contribution is 0.416. The van der Waals surface area contributed by atoms with Crippen LogP contribution < -0.4 is 10.1 Å². The van der Waals surface area contributed by atoms with Gasteiger partial charge in [-0.2, -0.15) is 5.26 Å². The van der Waals surface area contributed by atoms with Crippen molar-refractivity contribution in [2.24, 2.45) is 0 Å². The van der Waals surface area contributed by atoms with Gasteiger partial charge in [-0.1, -0.05) is 60.7 Å². The summed E-state index contributed by atoms with van der Waals surface area (Å²) in [6.07, 6.45) is 0. The van der Waals surface area contributed by atoms with Crippen LogP contribution in [-0.2, 0) is 0 Å². The zero-order valence-electron chi connectivity index (χ0n) is 15.8. The van der Waals surface area contributed by atoms with Gasteiger partial charge in [-0.15, -0.1) is 0 Å². The molecule has 0 spiro atoms. The van der Waals surface area contributed by atoms with Gasteiger partial charge in [0.15, 0.2) is 0 Å². The highest BCUT2D eigenvalue weighted by atomic mass is 16.5. The minimum absolute atomic E-state index is 0.402. The maximum Gasteiger partial charge on any atom is 0.228 e. The van der Waals surface area contributed by atoms with Crippen LogP contribution in [0.5, 0.6) is 5.75 Å². The first-order valence-corrected chi connectivity index (χ1v) is 9.13. The quantitative estimate of drug-likeness (QED) is 0.501. The first-order chi connectivity index (χ1) is 14.3. The van der Waals surface area contributed by atoms with Crippen LogP contribution in [0.4, 0.5) is 11.6 Å². The van der Waals surface area contributed by atoms with Gasteiger partial charge in [-0.3, -0.25) is 0 Å². The summed E-state index contributed by atoms with van der Waals surface area (Å²) in [4.78, 5) is 9.34. The normalized spacial score (nSPS) is 10.2. The van der Waals surface area contributed by atoms with Crippen molar-refractivity contribution in [3.63, 3.8) is 0 Å². The van der Waals surface area contributed by atoms with Gasteiger partial charge in [0, 0.05) is 16.8 Å². The van der Waals surface area contributed by atoms with Crippen molar-refractivity contribution in [3.05, 3.63) is 90.5 Å². The summed E-state index contributed by atoms with van der Waals surface area (Å²) in [7, 11) is 1.60. The Labute approximate surface area is 169 Å². The van der Waals surface area contributed by atoms with Crippen molar-refractivity contribution < 1.29 is 4.74 Å². The highest BCUT2D eigenvalue weighted by Crippen LogP contribution is 2.35. The Morgan fingerprint density at radius 1 is 0.793 bits per heavy atom. The van der Waals surface area contributed by atoms with Gasteiger partial charge >= 0.3 is 0 Å². The molecule has 0 bridgehead atoms. The second-order valence-electron chi connectivity index (χ2n) is 6.29. The number of hydrogen-bond acceptors (Lipinski definition) is 5. The number of anilines is 2. The predicted molar refractivity (Wildman–Crippen MR) is 114 cm³/mol. The van der Waals surface area contributed by atoms with E-state index in [1.54, 1.807) is 7.11 Å². The fraction of sp³-hybridized carbons (Fsp3) is 0.0417. The van der Waals surface area contributed by atoms with E-state index in [4.69, 9.17) is 4.74 Å². The van der Waals surface area contributed by atoms with Gasteiger partial charge in [-0.05, 0) is 24.3 Å². The number of methoxy groups -OCH3 is 1. The Balaban J connectivity index is 1.96. The number of ether oxygens (including phenoxy) is 1. The minimum Gasteiger partial charge on any atom is -0.496 e. The van der Waals surface area contributed by atoms with E-state index in [0.717, 1.165) is 16.8 Å². The molecule has 0 saturated heterocycles. The number of rotatable bonds is 5. The lowest BCUT2D eigenvalue weighted by atomic mass is 10.0. The molecular weight excluding hydrogens is 360 g/mol. The first-order valence-electron chi connectivity index (χ1n) is 9.13. The molecule has 0 saturated carbocycles. The van der Waals surface area contributed by atoms with Crippen LogP contribution in [0.25, 0.3) is 22.5 Å². The summed E-state index contributed by atoms with van der Waals surface area (Å²) in [5.41, 5.74) is 3.95. The van der Waals surface area contributed by atoms with E-state index in [-0.39, 0.29) is 0 Å². The molecule has 0 aliphatic heterocycles. The van der Waals surface area contributed by atoms with Crippen molar-refractivity contribution in [2.45, 2.75) is 0 Å². The number of hydrogen-bond donors (Lipinski definition) is 1. The van der Waals surface area contributed by atoms with Crippen LogP contribution >= 0.6 is 0 Å². The molecule has 0 amide bonds. The molecule has 5 heteroatoms. The van der Waals surface area contributed by atoms with Crippen molar-refractivity contribution in [1.29, 1.82) is 5.26 Å². The topological polar surface area (TPSA) is 70.8 Å². The summed E-state index contributed by atoms with van der Waals surface area (Å²) in [5.74, 6) is 1.06. The Hall–Kier alpha value is -4.17. The lowest BCUT2D eigenvalue weighted by Crippen LogP contribution is -2.04. The van der Waals surface area contributed by atoms with E-state index in [0.29, 0.717) is 28.6 Å². The Morgan fingerprint density at radius 2 is 1.41 bits per heavy atom. The van der Waals surface area contributed by atoms with Gasteiger partial charge in [0.1, 0.15) is 17.4 Å². The first kappa shape index (κ1) is 18.2. The van der Waals surface area contributed by atoms with Gasteiger partial charge in [0.2, 0.25) is 5.95 Å². The summed E-state index contributed by atoms with van der Waals surface area (Å²) in [5, 5.41) is 13.2. The van der Waals surface area contributed by atoms with Crippen LogP contribution in [0.1, 0.15) is 5.56 Å². The third-order valence-electron chi connectivity index (χ3n) is 4.46. The summed E-state index contributed by atoms with van der Waals surface area (Å²) in [6.45, 7) is 0. The molecule has 0 aliphatic carbocycles. The largest absolute Gasteiger partial charge is 0.496 e. The Kier molecular flexibility index (Phi) is 5.17. The van der Waals surface area contributed by atoms with Crippen LogP contribution in [0.3, 0.4) is 0 Å². The van der Waals surface area contributed by atoms with Crippen LogP contribution in [0.15, 0.2) is 84.9 Å². The molecule has 140 valence electrons. The van der Waals surface area contributed by atoms with Crippen molar-refractivity contribution in [1.82, 2.24) is 9.97 Å². The summed E-state index contributed by atoms with van der Waals surface area (Å²) >= 11 is 0. The van der Waals surface area contributed by atoms with E-state index in [1.807, 2.05) is 84.9 Å². The molecule has 4 rings (SSSR count). The monoisotopic (exact) mass is 378 g/mol. The molecule has 1 N–H and O–H groups in total. The van der Waals surface area contributed by atoms with Gasteiger partial charge < -0.3 is 10.1 Å². The van der Waals surface area contributed by atoms with Gasteiger partial charge in [0.25, 0.3) is 0 Å². The molecule has 1 aromatic heterocycles. The number of nitrogens with zero attached hydrogens (tertiary/aromatic N) is 3. The zero-order chi connectivity index (χ0) is 20.1. The van der Waals surface area contributed by atoms with Crippen LogP contribution in [0.2, 0.25) is 0 Å². The number of aromatic nitrogens is 2. The van der Waals surface area contributed by atoms with Gasteiger partial charge in [-0.25, -0.2) is 9.97 Å². The Morgan fingerprint density at radius 3 is 2.10 bits per heavy atom. The number of benzene rings is 3. The SMILES string of the molecule is COc1ccccc1-c1nc(Nc2ccccc2)nc(-c2ccccc2)c1C#N. The van der Waals surface area contributed by atoms with E-state index in [9.17, 15) is 5.26 Å². The second-order valence-corrected chi connectivity index (χ2v) is 6.29. The lowest BCUT2D eigenvalue weighted by Gasteiger charge is -2.14. The number of para-hydroxylation sites is 2.